The summed E-state index contributed by atoms with van der Waals surface area (Å²) in [7, 11) is 0. The summed E-state index contributed by atoms with van der Waals surface area (Å²) in [6.45, 7) is 2.19. The zero-order valence-corrected chi connectivity index (χ0v) is 14.1. The number of nitrogens with zero attached hydrogens (tertiary/aromatic N) is 2. The first-order valence-corrected chi connectivity index (χ1v) is 8.77. The fourth-order valence-corrected chi connectivity index (χ4v) is 3.68. The lowest BCUT2D eigenvalue weighted by atomic mass is 10.0. The third kappa shape index (κ3) is 2.16. The predicted octanol–water partition coefficient (Wildman–Crippen LogP) is 5.24. The van der Waals surface area contributed by atoms with Gasteiger partial charge in [0.15, 0.2) is 0 Å². The average molecular weight is 325 g/mol. The molecule has 5 rings (SSSR count). The first kappa shape index (κ1) is 14.3. The van der Waals surface area contributed by atoms with E-state index in [2.05, 4.69) is 83.5 Å². The summed E-state index contributed by atoms with van der Waals surface area (Å²) in [5.41, 5.74) is 7.08. The van der Waals surface area contributed by atoms with Gasteiger partial charge in [0, 0.05) is 11.3 Å². The molecule has 3 aromatic carbocycles. The number of imidazole rings is 1. The van der Waals surface area contributed by atoms with Gasteiger partial charge in [-0.2, -0.15) is 0 Å². The molecule has 25 heavy (non-hydrogen) atoms. The smallest absolute Gasteiger partial charge is 0.145 e. The molecule has 0 bridgehead atoms. The van der Waals surface area contributed by atoms with E-state index in [1.165, 1.54) is 11.1 Å². The lowest BCUT2D eigenvalue weighted by molar-refractivity contribution is 0.669. The normalized spacial score (nSPS) is 15.5. The van der Waals surface area contributed by atoms with E-state index in [9.17, 15) is 0 Å². The van der Waals surface area contributed by atoms with Gasteiger partial charge in [-0.15, -0.1) is 0 Å². The molecule has 0 saturated carbocycles. The van der Waals surface area contributed by atoms with Crippen LogP contribution in [-0.2, 0) is 6.42 Å². The van der Waals surface area contributed by atoms with Crippen LogP contribution in [0.15, 0.2) is 72.8 Å². The number of benzene rings is 3. The van der Waals surface area contributed by atoms with Crippen molar-refractivity contribution in [2.75, 3.05) is 5.32 Å². The molecule has 0 fully saturated rings. The van der Waals surface area contributed by atoms with Gasteiger partial charge in [0.25, 0.3) is 0 Å². The second-order valence-electron chi connectivity index (χ2n) is 6.48. The first-order valence-electron chi connectivity index (χ1n) is 8.77. The predicted molar refractivity (Wildman–Crippen MR) is 103 cm³/mol. The molecule has 1 aliphatic rings. The minimum absolute atomic E-state index is 0.0446. The summed E-state index contributed by atoms with van der Waals surface area (Å²) in [5, 5.41) is 3.71. The van der Waals surface area contributed by atoms with E-state index in [1.54, 1.807) is 0 Å². The Morgan fingerprint density at radius 2 is 1.68 bits per heavy atom. The highest BCUT2D eigenvalue weighted by molar-refractivity contribution is 5.86. The maximum atomic E-state index is 4.93. The second-order valence-corrected chi connectivity index (χ2v) is 6.48. The summed E-state index contributed by atoms with van der Waals surface area (Å²) in [4.78, 5) is 4.93. The highest BCUT2D eigenvalue weighted by atomic mass is 15.2. The van der Waals surface area contributed by atoms with E-state index in [0.717, 1.165) is 34.5 Å². The molecule has 122 valence electrons. The van der Waals surface area contributed by atoms with E-state index in [-0.39, 0.29) is 6.17 Å². The van der Waals surface area contributed by atoms with Crippen molar-refractivity contribution in [3.05, 3.63) is 83.9 Å². The largest absolute Gasteiger partial charge is 0.361 e. The Morgan fingerprint density at radius 1 is 0.920 bits per heavy atom. The Kier molecular flexibility index (Phi) is 3.14. The van der Waals surface area contributed by atoms with E-state index < -0.39 is 0 Å². The highest BCUT2D eigenvalue weighted by Gasteiger charge is 2.27. The molecule has 3 heteroatoms. The zero-order chi connectivity index (χ0) is 16.8. The summed E-state index contributed by atoms with van der Waals surface area (Å²) >= 11 is 0. The fraction of sp³-hybridized carbons (Fsp3) is 0.136. The Hall–Kier alpha value is -3.07. The number of para-hydroxylation sites is 3. The maximum absolute atomic E-state index is 4.93. The zero-order valence-electron chi connectivity index (χ0n) is 14.1. The number of aryl methyl sites for hydroxylation is 1. The van der Waals surface area contributed by atoms with Gasteiger partial charge in [-0.05, 0) is 41.8 Å². The second kappa shape index (κ2) is 5.49. The van der Waals surface area contributed by atoms with Crippen LogP contribution in [0, 0.1) is 0 Å². The number of aromatic nitrogens is 2. The monoisotopic (exact) mass is 325 g/mol. The van der Waals surface area contributed by atoms with Gasteiger partial charge in [-0.25, -0.2) is 4.98 Å². The van der Waals surface area contributed by atoms with Crippen molar-refractivity contribution in [2.45, 2.75) is 19.5 Å². The van der Waals surface area contributed by atoms with Gasteiger partial charge in [-0.3, -0.25) is 4.57 Å². The fourth-order valence-electron chi connectivity index (χ4n) is 3.68. The third-order valence-corrected chi connectivity index (χ3v) is 5.02. The van der Waals surface area contributed by atoms with Gasteiger partial charge in [0.1, 0.15) is 12.0 Å². The Bertz CT molecular complexity index is 1060. The molecule has 3 nitrogen and oxygen atoms in total. The lowest BCUT2D eigenvalue weighted by Gasteiger charge is -2.30. The topological polar surface area (TPSA) is 29.9 Å². The number of anilines is 1. The van der Waals surface area contributed by atoms with E-state index in [0.29, 0.717) is 0 Å². The standard InChI is InChI=1S/C22H19N3/c1-2-15-11-13-16(14-12-15)21-23-18-8-4-3-7-17(18)22-24-19-9-5-6-10-20(19)25(21)22/h3-14,21,23H,2H2,1H3. The first-order chi connectivity index (χ1) is 12.3. The summed E-state index contributed by atoms with van der Waals surface area (Å²) in [6.07, 6.45) is 1.10. The van der Waals surface area contributed by atoms with E-state index in [4.69, 9.17) is 4.98 Å². The van der Waals surface area contributed by atoms with Gasteiger partial charge >= 0.3 is 0 Å². The van der Waals surface area contributed by atoms with Crippen molar-refractivity contribution in [1.29, 1.82) is 0 Å². The molecular formula is C22H19N3. The van der Waals surface area contributed by atoms with Crippen LogP contribution >= 0.6 is 0 Å². The molecule has 0 spiro atoms. The van der Waals surface area contributed by atoms with Crippen molar-refractivity contribution in [2.24, 2.45) is 0 Å². The number of rotatable bonds is 2. The third-order valence-electron chi connectivity index (χ3n) is 5.02. The molecule has 1 aromatic heterocycles. The van der Waals surface area contributed by atoms with Crippen LogP contribution in [0.2, 0.25) is 0 Å². The molecule has 1 unspecified atom stereocenters. The number of hydrogen-bond acceptors (Lipinski definition) is 2. The van der Waals surface area contributed by atoms with Crippen LogP contribution in [0.1, 0.15) is 24.2 Å². The molecule has 0 aliphatic carbocycles. The van der Waals surface area contributed by atoms with Gasteiger partial charge in [0.2, 0.25) is 0 Å². The highest BCUT2D eigenvalue weighted by Crippen LogP contribution is 2.40. The molecule has 0 radical (unpaired) electrons. The van der Waals surface area contributed by atoms with Gasteiger partial charge in [0.05, 0.1) is 11.0 Å². The number of hydrogen-bond donors (Lipinski definition) is 1. The summed E-state index contributed by atoms with van der Waals surface area (Å²) in [6, 6.07) is 25.7. The molecule has 2 heterocycles. The van der Waals surface area contributed by atoms with Crippen molar-refractivity contribution in [3.63, 3.8) is 0 Å². The number of nitrogens with one attached hydrogen (secondary N) is 1. The van der Waals surface area contributed by atoms with Crippen molar-refractivity contribution in [3.8, 4) is 11.4 Å². The number of fused-ring (bicyclic) bond motifs is 5. The van der Waals surface area contributed by atoms with Crippen LogP contribution in [0.25, 0.3) is 22.4 Å². The Labute approximate surface area is 147 Å². The lowest BCUT2D eigenvalue weighted by Crippen LogP contribution is -2.24. The van der Waals surface area contributed by atoms with Crippen molar-refractivity contribution < 1.29 is 0 Å². The summed E-state index contributed by atoms with van der Waals surface area (Å²) in [5.74, 6) is 1.03. The van der Waals surface area contributed by atoms with E-state index in [1.807, 2.05) is 6.07 Å². The quantitative estimate of drug-likeness (QED) is 0.546. The Balaban J connectivity index is 1.76. The molecular weight excluding hydrogens is 306 g/mol. The SMILES string of the molecule is CCc1ccc(C2Nc3ccccc3-c3nc4ccccc4n32)cc1. The maximum Gasteiger partial charge on any atom is 0.145 e. The molecule has 1 atom stereocenters. The molecule has 1 N–H and O–H groups in total. The van der Waals surface area contributed by atoms with Crippen LogP contribution in [0.5, 0.6) is 0 Å². The molecule has 1 aliphatic heterocycles. The van der Waals surface area contributed by atoms with Crippen LogP contribution in [0.4, 0.5) is 5.69 Å². The van der Waals surface area contributed by atoms with Crippen LogP contribution < -0.4 is 5.32 Å². The van der Waals surface area contributed by atoms with Crippen LogP contribution in [-0.4, -0.2) is 9.55 Å². The minimum atomic E-state index is 0.0446. The van der Waals surface area contributed by atoms with E-state index >= 15 is 0 Å². The molecule has 0 saturated heterocycles. The Morgan fingerprint density at radius 3 is 2.52 bits per heavy atom. The van der Waals surface area contributed by atoms with Crippen molar-refractivity contribution in [1.82, 2.24) is 9.55 Å². The minimum Gasteiger partial charge on any atom is -0.361 e. The van der Waals surface area contributed by atoms with Crippen LogP contribution in [0.3, 0.4) is 0 Å². The van der Waals surface area contributed by atoms with Crippen molar-refractivity contribution >= 4 is 16.7 Å². The molecule has 4 aromatic rings. The average Bonchev–Trinajstić information content (AvgIpc) is 3.07. The van der Waals surface area contributed by atoms with Gasteiger partial charge in [-0.1, -0.05) is 55.5 Å². The summed E-state index contributed by atoms with van der Waals surface area (Å²) < 4.78 is 2.32. The molecule has 0 amide bonds. The van der Waals surface area contributed by atoms with Gasteiger partial charge < -0.3 is 5.32 Å².